The first-order chi connectivity index (χ1) is 11.2. The third kappa shape index (κ3) is 4.32. The molecule has 0 spiro atoms. The molecule has 1 N–H and O–H groups in total. The molecule has 0 unspecified atom stereocenters. The van der Waals surface area contributed by atoms with E-state index in [4.69, 9.17) is 0 Å². The molecule has 1 aromatic heterocycles. The Kier molecular flexibility index (Phi) is 6.71. The average Bonchev–Trinajstić information content (AvgIpc) is 3.14. The summed E-state index contributed by atoms with van der Waals surface area (Å²) in [4.78, 5) is 6.61. The second-order valence-electron chi connectivity index (χ2n) is 6.44. The van der Waals surface area contributed by atoms with Gasteiger partial charge in [-0.15, -0.1) is 24.0 Å². The van der Waals surface area contributed by atoms with E-state index in [-0.39, 0.29) is 24.0 Å². The number of fused-ring (bicyclic) bond motifs is 1. The van der Waals surface area contributed by atoms with Crippen LogP contribution in [-0.4, -0.2) is 36.1 Å². The van der Waals surface area contributed by atoms with E-state index in [1.54, 1.807) is 0 Å². The van der Waals surface area contributed by atoms with Gasteiger partial charge < -0.3 is 14.8 Å². The van der Waals surface area contributed by atoms with Gasteiger partial charge in [0, 0.05) is 39.6 Å². The van der Waals surface area contributed by atoms with Crippen LogP contribution in [0.5, 0.6) is 0 Å². The first-order valence-corrected chi connectivity index (χ1v) is 8.26. The van der Waals surface area contributed by atoms with Gasteiger partial charge in [0.2, 0.25) is 0 Å². The zero-order valence-corrected chi connectivity index (χ0v) is 17.0. The molecule has 0 saturated heterocycles. The first kappa shape index (κ1) is 18.8. The summed E-state index contributed by atoms with van der Waals surface area (Å²) in [5, 5.41) is 3.54. The van der Waals surface area contributed by atoms with Crippen molar-refractivity contribution in [2.75, 3.05) is 20.6 Å². The molecule has 0 atom stereocenters. The van der Waals surface area contributed by atoms with Crippen LogP contribution < -0.4 is 5.32 Å². The lowest BCUT2D eigenvalue weighted by Gasteiger charge is -2.23. The first-order valence-electron chi connectivity index (χ1n) is 8.26. The summed E-state index contributed by atoms with van der Waals surface area (Å²) in [6, 6.07) is 13.0. The number of hydrogen-bond donors (Lipinski definition) is 1. The molecule has 24 heavy (non-hydrogen) atoms. The van der Waals surface area contributed by atoms with E-state index in [0.717, 1.165) is 19.0 Å². The number of benzene rings is 1. The Hall–Kier alpha value is -1.50. The molecule has 0 saturated carbocycles. The fourth-order valence-electron chi connectivity index (χ4n) is 3.39. The van der Waals surface area contributed by atoms with Crippen LogP contribution in [0.3, 0.4) is 0 Å². The van der Waals surface area contributed by atoms with Gasteiger partial charge in [0.05, 0.1) is 6.54 Å². The molecule has 0 bridgehead atoms. The summed E-state index contributed by atoms with van der Waals surface area (Å²) in [7, 11) is 6.02. The molecule has 1 aliphatic rings. The van der Waals surface area contributed by atoms with E-state index in [1.807, 2.05) is 7.05 Å². The van der Waals surface area contributed by atoms with Crippen LogP contribution in [0.1, 0.15) is 16.8 Å². The van der Waals surface area contributed by atoms with Crippen LogP contribution in [0.25, 0.3) is 0 Å². The maximum Gasteiger partial charge on any atom is 0.193 e. The van der Waals surface area contributed by atoms with Gasteiger partial charge in [-0.25, -0.2) is 0 Å². The molecule has 0 radical (unpaired) electrons. The normalized spacial score (nSPS) is 14.2. The molecular formula is C19H27IN4. The van der Waals surface area contributed by atoms with Gasteiger partial charge in [0.25, 0.3) is 0 Å². The van der Waals surface area contributed by atoms with Gasteiger partial charge in [-0.05, 0) is 42.0 Å². The molecule has 3 rings (SSSR count). The van der Waals surface area contributed by atoms with Gasteiger partial charge in [-0.2, -0.15) is 0 Å². The Labute approximate surface area is 162 Å². The van der Waals surface area contributed by atoms with Crippen molar-refractivity contribution in [1.82, 2.24) is 14.8 Å². The maximum atomic E-state index is 4.43. The molecule has 4 nitrogen and oxygen atoms in total. The minimum Gasteiger partial charge on any atom is -0.356 e. The molecule has 1 aliphatic carbocycles. The number of aryl methyl sites for hydroxylation is 1. The third-order valence-corrected chi connectivity index (χ3v) is 4.71. The van der Waals surface area contributed by atoms with E-state index in [1.165, 1.54) is 29.7 Å². The van der Waals surface area contributed by atoms with E-state index in [2.05, 4.69) is 76.5 Å². The van der Waals surface area contributed by atoms with Crippen LogP contribution in [-0.2, 0) is 26.4 Å². The van der Waals surface area contributed by atoms with Crippen LogP contribution in [0.15, 0.2) is 47.6 Å². The van der Waals surface area contributed by atoms with E-state index < -0.39 is 0 Å². The maximum absolute atomic E-state index is 4.43. The molecule has 1 heterocycles. The standard InChI is InChI=1S/C19H26N4.HI/c1-20-19(23(3)14-18-9-6-10-22(18)2)21-13-15-11-16-7-4-5-8-17(16)12-15;/h4-10,15H,11-14H2,1-3H3,(H,20,21);1H. The second kappa shape index (κ2) is 8.55. The highest BCUT2D eigenvalue weighted by atomic mass is 127. The topological polar surface area (TPSA) is 32.6 Å². The van der Waals surface area contributed by atoms with Gasteiger partial charge in [0.1, 0.15) is 0 Å². The molecule has 0 fully saturated rings. The van der Waals surface area contributed by atoms with Crippen LogP contribution in [0.4, 0.5) is 0 Å². The number of nitrogens with one attached hydrogen (secondary N) is 1. The minimum absolute atomic E-state index is 0. The van der Waals surface area contributed by atoms with E-state index in [0.29, 0.717) is 5.92 Å². The lowest BCUT2D eigenvalue weighted by atomic mass is 10.1. The van der Waals surface area contributed by atoms with Crippen molar-refractivity contribution in [1.29, 1.82) is 0 Å². The Bertz CT molecular complexity index is 667. The number of halogens is 1. The highest BCUT2D eigenvalue weighted by Gasteiger charge is 2.21. The Balaban J connectivity index is 0.00000208. The van der Waals surface area contributed by atoms with Crippen LogP contribution >= 0.6 is 24.0 Å². The molecule has 130 valence electrons. The summed E-state index contributed by atoms with van der Waals surface area (Å²) < 4.78 is 2.15. The number of guanidine groups is 1. The van der Waals surface area contributed by atoms with Crippen molar-refractivity contribution < 1.29 is 0 Å². The predicted octanol–water partition coefficient (Wildman–Crippen LogP) is 3.07. The summed E-state index contributed by atoms with van der Waals surface area (Å²) in [5.74, 6) is 1.62. The van der Waals surface area contributed by atoms with Crippen molar-refractivity contribution >= 4 is 29.9 Å². The molecule has 1 aromatic carbocycles. The Morgan fingerprint density at radius 2 is 1.88 bits per heavy atom. The number of hydrogen-bond acceptors (Lipinski definition) is 1. The van der Waals surface area contributed by atoms with Gasteiger partial charge in [-0.3, -0.25) is 4.99 Å². The fourth-order valence-corrected chi connectivity index (χ4v) is 3.39. The van der Waals surface area contributed by atoms with Crippen LogP contribution in [0, 0.1) is 5.92 Å². The highest BCUT2D eigenvalue weighted by molar-refractivity contribution is 14.0. The van der Waals surface area contributed by atoms with Gasteiger partial charge in [-0.1, -0.05) is 24.3 Å². The second-order valence-corrected chi connectivity index (χ2v) is 6.44. The zero-order chi connectivity index (χ0) is 16.2. The molecule has 0 aliphatic heterocycles. The number of aromatic nitrogens is 1. The van der Waals surface area contributed by atoms with E-state index in [9.17, 15) is 0 Å². The van der Waals surface area contributed by atoms with Crippen molar-refractivity contribution in [3.8, 4) is 0 Å². The Morgan fingerprint density at radius 3 is 2.42 bits per heavy atom. The minimum atomic E-state index is 0. The van der Waals surface area contributed by atoms with Crippen molar-refractivity contribution in [2.24, 2.45) is 18.0 Å². The quantitative estimate of drug-likeness (QED) is 0.452. The Morgan fingerprint density at radius 1 is 1.21 bits per heavy atom. The lowest BCUT2D eigenvalue weighted by molar-refractivity contribution is 0.447. The SMILES string of the molecule is CN=C(NCC1Cc2ccccc2C1)N(C)Cc1cccn1C.I. The largest absolute Gasteiger partial charge is 0.356 e. The van der Waals surface area contributed by atoms with Gasteiger partial charge in [0.15, 0.2) is 5.96 Å². The highest BCUT2D eigenvalue weighted by Crippen LogP contribution is 2.25. The zero-order valence-electron chi connectivity index (χ0n) is 14.7. The number of nitrogens with zero attached hydrogens (tertiary/aromatic N) is 3. The summed E-state index contributed by atoms with van der Waals surface area (Å²) in [6.45, 7) is 1.83. The monoisotopic (exact) mass is 438 g/mol. The summed E-state index contributed by atoms with van der Waals surface area (Å²) in [5.41, 5.74) is 4.29. The average molecular weight is 438 g/mol. The molecular weight excluding hydrogens is 411 g/mol. The van der Waals surface area contributed by atoms with Gasteiger partial charge >= 0.3 is 0 Å². The van der Waals surface area contributed by atoms with Crippen molar-refractivity contribution in [3.63, 3.8) is 0 Å². The number of rotatable bonds is 4. The van der Waals surface area contributed by atoms with Crippen molar-refractivity contribution in [2.45, 2.75) is 19.4 Å². The van der Waals surface area contributed by atoms with Crippen molar-refractivity contribution in [3.05, 3.63) is 59.4 Å². The van der Waals surface area contributed by atoms with E-state index >= 15 is 0 Å². The van der Waals surface area contributed by atoms with Crippen LogP contribution in [0.2, 0.25) is 0 Å². The third-order valence-electron chi connectivity index (χ3n) is 4.71. The molecule has 5 heteroatoms. The smallest absolute Gasteiger partial charge is 0.193 e. The molecule has 0 amide bonds. The number of aliphatic imine (C=N–C) groups is 1. The summed E-state index contributed by atoms with van der Waals surface area (Å²) in [6.07, 6.45) is 4.42. The molecule has 2 aromatic rings. The fraction of sp³-hybridized carbons (Fsp3) is 0.421. The lowest BCUT2D eigenvalue weighted by Crippen LogP contribution is -2.41. The predicted molar refractivity (Wildman–Crippen MR) is 111 cm³/mol. The summed E-state index contributed by atoms with van der Waals surface area (Å²) >= 11 is 0.